The molecule has 1 fully saturated rings. The molecule has 0 saturated carbocycles. The summed E-state index contributed by atoms with van der Waals surface area (Å²) in [7, 11) is 0. The summed E-state index contributed by atoms with van der Waals surface area (Å²) in [6, 6.07) is 12.8. The van der Waals surface area contributed by atoms with E-state index in [0.29, 0.717) is 11.3 Å². The van der Waals surface area contributed by atoms with Gasteiger partial charge in [0, 0.05) is 30.2 Å². The number of benzene rings is 2. The van der Waals surface area contributed by atoms with Crippen molar-refractivity contribution in [3.05, 3.63) is 65.7 Å². The Hall–Kier alpha value is -3.59. The molecule has 3 aromatic rings. The van der Waals surface area contributed by atoms with Crippen LogP contribution in [-0.4, -0.2) is 48.3 Å². The second kappa shape index (κ2) is 11.4. The number of fused-ring (bicyclic) bond motifs is 1. The summed E-state index contributed by atoms with van der Waals surface area (Å²) in [6.07, 6.45) is 1.97. The molecule has 0 unspecified atom stereocenters. The molecule has 36 heavy (non-hydrogen) atoms. The summed E-state index contributed by atoms with van der Waals surface area (Å²) >= 11 is 0. The van der Waals surface area contributed by atoms with E-state index in [2.05, 4.69) is 20.3 Å². The van der Waals surface area contributed by atoms with Gasteiger partial charge in [0.15, 0.2) is 0 Å². The quantitative estimate of drug-likeness (QED) is 0.374. The van der Waals surface area contributed by atoms with Crippen LogP contribution in [0.3, 0.4) is 0 Å². The fraction of sp³-hybridized carbons (Fsp3) is 0.333. The van der Waals surface area contributed by atoms with Crippen molar-refractivity contribution in [2.24, 2.45) is 0 Å². The van der Waals surface area contributed by atoms with Gasteiger partial charge >= 0.3 is 6.36 Å². The molecule has 0 aliphatic carbocycles. The number of hydrogen-bond donors (Lipinski definition) is 2. The van der Waals surface area contributed by atoms with Gasteiger partial charge in [-0.3, -0.25) is 4.79 Å². The molecular weight excluding hydrogens is 469 g/mol. The van der Waals surface area contributed by atoms with Crippen molar-refractivity contribution >= 4 is 34.4 Å². The smallest absolute Gasteiger partial charge is 0.406 e. The summed E-state index contributed by atoms with van der Waals surface area (Å²) in [4.78, 5) is 19.5. The standard InChI is InChI=1S/C27H29F3N4O2/c1-19-17-25(31-13-16-34-14-3-2-4-15-34)33-24-11-8-21(18-23(19)24)32-26(35)12-7-20-5-9-22(10-6-20)36-27(28,29)30/h5-12,17-18H,2-4,13-16H2,1H3,(H,31,33)(H,32,35)/b12-7+. The Kier molecular flexibility index (Phi) is 8.10. The van der Waals surface area contributed by atoms with Crippen molar-refractivity contribution in [3.8, 4) is 5.75 Å². The molecule has 1 aromatic heterocycles. The minimum absolute atomic E-state index is 0.315. The second-order valence-electron chi connectivity index (χ2n) is 8.82. The van der Waals surface area contributed by atoms with Gasteiger partial charge in [0.25, 0.3) is 0 Å². The maximum atomic E-state index is 12.4. The highest BCUT2D eigenvalue weighted by atomic mass is 19.4. The predicted octanol–water partition coefficient (Wildman–Crippen LogP) is 5.99. The first-order chi connectivity index (χ1) is 17.2. The first kappa shape index (κ1) is 25.5. The third-order valence-corrected chi connectivity index (χ3v) is 6.01. The van der Waals surface area contributed by atoms with Gasteiger partial charge in [-0.15, -0.1) is 13.2 Å². The average molecular weight is 499 g/mol. The van der Waals surface area contributed by atoms with Crippen molar-refractivity contribution in [3.63, 3.8) is 0 Å². The van der Waals surface area contributed by atoms with Gasteiger partial charge in [-0.05, 0) is 86.5 Å². The Bertz CT molecular complexity index is 1220. The van der Waals surface area contributed by atoms with E-state index in [1.807, 2.05) is 25.1 Å². The maximum Gasteiger partial charge on any atom is 0.573 e. The summed E-state index contributed by atoms with van der Waals surface area (Å²) in [6.45, 7) is 6.19. The lowest BCUT2D eigenvalue weighted by molar-refractivity contribution is -0.274. The number of likely N-dealkylation sites (tertiary alicyclic amines) is 1. The van der Waals surface area contributed by atoms with Crippen molar-refractivity contribution in [1.29, 1.82) is 0 Å². The van der Waals surface area contributed by atoms with Crippen LogP contribution >= 0.6 is 0 Å². The first-order valence-electron chi connectivity index (χ1n) is 12.0. The van der Waals surface area contributed by atoms with E-state index in [1.54, 1.807) is 6.07 Å². The SMILES string of the molecule is Cc1cc(NCCN2CCCCC2)nc2ccc(NC(=O)/C=C/c3ccc(OC(F)(F)F)cc3)cc12. The Labute approximate surface area is 208 Å². The van der Waals surface area contributed by atoms with Crippen LogP contribution in [-0.2, 0) is 4.79 Å². The van der Waals surface area contributed by atoms with Crippen LogP contribution in [0.15, 0.2) is 54.6 Å². The van der Waals surface area contributed by atoms with E-state index in [4.69, 9.17) is 4.98 Å². The number of pyridine rings is 1. The van der Waals surface area contributed by atoms with Gasteiger partial charge in [0.2, 0.25) is 5.91 Å². The number of hydrogen-bond acceptors (Lipinski definition) is 5. The van der Waals surface area contributed by atoms with Crippen molar-refractivity contribution in [2.75, 3.05) is 36.8 Å². The van der Waals surface area contributed by atoms with Gasteiger partial charge in [0.1, 0.15) is 11.6 Å². The fourth-order valence-electron chi connectivity index (χ4n) is 4.22. The lowest BCUT2D eigenvalue weighted by Gasteiger charge is -2.26. The van der Waals surface area contributed by atoms with Crippen LogP contribution in [0.5, 0.6) is 5.75 Å². The molecule has 0 atom stereocenters. The zero-order valence-corrected chi connectivity index (χ0v) is 20.1. The Morgan fingerprint density at radius 1 is 1.08 bits per heavy atom. The van der Waals surface area contributed by atoms with Crippen molar-refractivity contribution in [2.45, 2.75) is 32.5 Å². The molecule has 6 nitrogen and oxygen atoms in total. The maximum absolute atomic E-state index is 12.4. The van der Waals surface area contributed by atoms with E-state index in [1.165, 1.54) is 68.8 Å². The van der Waals surface area contributed by atoms with Crippen LogP contribution in [0, 0.1) is 6.92 Å². The number of carbonyl (C=O) groups excluding carboxylic acids is 1. The Morgan fingerprint density at radius 3 is 2.56 bits per heavy atom. The minimum Gasteiger partial charge on any atom is -0.406 e. The van der Waals surface area contributed by atoms with E-state index in [9.17, 15) is 18.0 Å². The lowest BCUT2D eigenvalue weighted by Crippen LogP contribution is -2.33. The van der Waals surface area contributed by atoms with Gasteiger partial charge in [-0.2, -0.15) is 0 Å². The summed E-state index contributed by atoms with van der Waals surface area (Å²) < 4.78 is 40.6. The average Bonchev–Trinajstić information content (AvgIpc) is 2.84. The normalized spacial score (nSPS) is 14.8. The number of piperidine rings is 1. The molecule has 0 bridgehead atoms. The third-order valence-electron chi connectivity index (χ3n) is 6.01. The molecule has 190 valence electrons. The van der Waals surface area contributed by atoms with Gasteiger partial charge in [0.05, 0.1) is 5.52 Å². The molecule has 1 aliphatic rings. The van der Waals surface area contributed by atoms with E-state index in [0.717, 1.165) is 35.4 Å². The Morgan fingerprint density at radius 2 is 1.83 bits per heavy atom. The summed E-state index contributed by atoms with van der Waals surface area (Å²) in [5, 5.41) is 7.18. The van der Waals surface area contributed by atoms with Gasteiger partial charge in [-0.1, -0.05) is 18.6 Å². The number of rotatable bonds is 8. The molecule has 9 heteroatoms. The van der Waals surface area contributed by atoms with Crippen LogP contribution < -0.4 is 15.4 Å². The number of amides is 1. The number of halogens is 3. The predicted molar refractivity (Wildman–Crippen MR) is 136 cm³/mol. The van der Waals surface area contributed by atoms with Crippen molar-refractivity contribution < 1.29 is 22.7 Å². The molecule has 0 spiro atoms. The third kappa shape index (κ3) is 7.45. The molecule has 1 aliphatic heterocycles. The highest BCUT2D eigenvalue weighted by molar-refractivity contribution is 6.03. The largest absolute Gasteiger partial charge is 0.573 e. The number of ether oxygens (including phenoxy) is 1. The summed E-state index contributed by atoms with van der Waals surface area (Å²) in [5.74, 6) is 0.166. The highest BCUT2D eigenvalue weighted by Crippen LogP contribution is 2.25. The topological polar surface area (TPSA) is 66.5 Å². The molecular formula is C27H29F3N4O2. The zero-order chi connectivity index (χ0) is 25.5. The number of anilines is 2. The number of nitrogens with zero attached hydrogens (tertiary/aromatic N) is 2. The van der Waals surface area contributed by atoms with Gasteiger partial charge < -0.3 is 20.3 Å². The molecule has 2 N–H and O–H groups in total. The molecule has 0 radical (unpaired) electrons. The fourth-order valence-corrected chi connectivity index (χ4v) is 4.22. The van der Waals surface area contributed by atoms with Crippen LogP contribution in [0.2, 0.25) is 0 Å². The monoisotopic (exact) mass is 498 g/mol. The highest BCUT2D eigenvalue weighted by Gasteiger charge is 2.30. The summed E-state index contributed by atoms with van der Waals surface area (Å²) in [5.41, 5.74) is 3.08. The number of nitrogens with one attached hydrogen (secondary N) is 2. The molecule has 1 saturated heterocycles. The van der Waals surface area contributed by atoms with Crippen molar-refractivity contribution in [1.82, 2.24) is 9.88 Å². The van der Waals surface area contributed by atoms with Gasteiger partial charge in [-0.25, -0.2) is 4.98 Å². The zero-order valence-electron chi connectivity index (χ0n) is 20.1. The Balaban J connectivity index is 1.34. The molecule has 2 aromatic carbocycles. The number of carbonyl (C=O) groups is 1. The lowest BCUT2D eigenvalue weighted by atomic mass is 10.1. The first-order valence-corrected chi connectivity index (χ1v) is 12.0. The van der Waals surface area contributed by atoms with Crippen LogP contribution in [0.1, 0.15) is 30.4 Å². The minimum atomic E-state index is -4.74. The van der Waals surface area contributed by atoms with E-state index in [-0.39, 0.29) is 11.7 Å². The van der Waals surface area contributed by atoms with Crippen LogP contribution in [0.25, 0.3) is 17.0 Å². The number of alkyl halides is 3. The molecule has 2 heterocycles. The molecule has 4 rings (SSSR count). The van der Waals surface area contributed by atoms with Crippen LogP contribution in [0.4, 0.5) is 24.7 Å². The number of aryl methyl sites for hydroxylation is 1. The second-order valence-corrected chi connectivity index (χ2v) is 8.82. The number of aromatic nitrogens is 1. The molecule has 1 amide bonds. The van der Waals surface area contributed by atoms with E-state index >= 15 is 0 Å². The van der Waals surface area contributed by atoms with E-state index < -0.39 is 6.36 Å².